The van der Waals surface area contributed by atoms with E-state index in [4.69, 9.17) is 19.4 Å². The Labute approximate surface area is 363 Å². The number of rotatable bonds is 5. The highest BCUT2D eigenvalue weighted by molar-refractivity contribution is 6.16. The molecule has 4 nitrogen and oxygen atoms in total. The van der Waals surface area contributed by atoms with Crippen LogP contribution in [0.1, 0.15) is 23.6 Å². The minimum atomic E-state index is -0.366. The second kappa shape index (κ2) is 13.7. The molecule has 0 saturated carbocycles. The molecule has 0 aliphatic heterocycles. The average Bonchev–Trinajstić information content (AvgIpc) is 3.85. The molecule has 1 aliphatic carbocycles. The summed E-state index contributed by atoms with van der Waals surface area (Å²) in [5.41, 5.74) is 12.7. The number of furan rings is 1. The third-order valence-electron chi connectivity index (χ3n) is 13.3. The van der Waals surface area contributed by atoms with Crippen molar-refractivity contribution in [3.63, 3.8) is 0 Å². The fourth-order valence-electron chi connectivity index (χ4n) is 10.2. The molecule has 63 heavy (non-hydrogen) atoms. The average molecular weight is 804 g/mol. The van der Waals surface area contributed by atoms with E-state index in [0.29, 0.717) is 17.5 Å². The summed E-state index contributed by atoms with van der Waals surface area (Å²) in [5.74, 6) is 1.86. The number of nitrogens with zero attached hydrogens (tertiary/aromatic N) is 3. The lowest BCUT2D eigenvalue weighted by molar-refractivity contribution is 0.669. The molecule has 294 valence electrons. The molecule has 0 fully saturated rings. The summed E-state index contributed by atoms with van der Waals surface area (Å²) < 4.78 is 6.54. The quantitative estimate of drug-likeness (QED) is 0.174. The van der Waals surface area contributed by atoms with Gasteiger partial charge in [-0.3, -0.25) is 0 Å². The largest absolute Gasteiger partial charge is 0.456 e. The van der Waals surface area contributed by atoms with E-state index in [0.717, 1.165) is 71.3 Å². The Bertz CT molecular complexity index is 3800. The Balaban J connectivity index is 1.04. The first kappa shape index (κ1) is 35.5. The molecule has 0 N–H and O–H groups in total. The smallest absolute Gasteiger partial charge is 0.164 e. The molecule has 12 aromatic rings. The van der Waals surface area contributed by atoms with Gasteiger partial charge in [0.15, 0.2) is 17.5 Å². The van der Waals surface area contributed by atoms with Crippen LogP contribution < -0.4 is 0 Å². The number of hydrogen-bond acceptors (Lipinski definition) is 4. The van der Waals surface area contributed by atoms with Crippen LogP contribution in [0.15, 0.2) is 211 Å². The molecule has 13 rings (SSSR count). The second-order valence-corrected chi connectivity index (χ2v) is 16.9. The van der Waals surface area contributed by atoms with Crippen LogP contribution in [0.25, 0.3) is 111 Å². The van der Waals surface area contributed by atoms with Gasteiger partial charge in [0.25, 0.3) is 0 Å². The number of hydrogen-bond donors (Lipinski definition) is 0. The highest BCUT2D eigenvalue weighted by atomic mass is 16.3. The fraction of sp³-hybridized carbons (Fsp3) is 0.0339. The third kappa shape index (κ3) is 5.51. The third-order valence-corrected chi connectivity index (χ3v) is 13.3. The SMILES string of the molecule is CC1(c2cccc(-c3nc(-c4ccc5ccccc5c4)nc(-c4cc(-c5cccc6oc7cc8ccccc8cc7c56)cc5ccccc45)n3)c2)c2ccccc2-c2ccccc21. The van der Waals surface area contributed by atoms with Crippen molar-refractivity contribution in [3.8, 4) is 56.4 Å². The topological polar surface area (TPSA) is 51.8 Å². The van der Waals surface area contributed by atoms with Gasteiger partial charge in [-0.05, 0) is 121 Å². The van der Waals surface area contributed by atoms with Crippen LogP contribution in [0.4, 0.5) is 0 Å². The molecule has 0 atom stereocenters. The van der Waals surface area contributed by atoms with Crippen molar-refractivity contribution in [3.05, 3.63) is 223 Å². The van der Waals surface area contributed by atoms with Crippen LogP contribution in [0, 0.1) is 0 Å². The lowest BCUT2D eigenvalue weighted by atomic mass is 9.74. The lowest BCUT2D eigenvalue weighted by Crippen LogP contribution is -2.22. The van der Waals surface area contributed by atoms with Crippen molar-refractivity contribution in [1.29, 1.82) is 0 Å². The normalized spacial score (nSPS) is 13.0. The molecule has 2 aromatic heterocycles. The highest BCUT2D eigenvalue weighted by Gasteiger charge is 2.40. The predicted molar refractivity (Wildman–Crippen MR) is 259 cm³/mol. The van der Waals surface area contributed by atoms with E-state index in [2.05, 4.69) is 213 Å². The Hall–Kier alpha value is -8.21. The molecule has 0 saturated heterocycles. The Kier molecular flexibility index (Phi) is 7.70. The Morgan fingerprint density at radius 2 is 0.921 bits per heavy atom. The Morgan fingerprint density at radius 1 is 0.349 bits per heavy atom. The summed E-state index contributed by atoms with van der Waals surface area (Å²) in [5, 5.41) is 8.99. The van der Waals surface area contributed by atoms with E-state index in [1.807, 2.05) is 0 Å². The van der Waals surface area contributed by atoms with Crippen molar-refractivity contribution in [2.75, 3.05) is 0 Å². The van der Waals surface area contributed by atoms with Gasteiger partial charge in [0, 0.05) is 32.9 Å². The maximum absolute atomic E-state index is 6.54. The van der Waals surface area contributed by atoms with Gasteiger partial charge in [-0.15, -0.1) is 0 Å². The van der Waals surface area contributed by atoms with Crippen molar-refractivity contribution in [2.24, 2.45) is 0 Å². The van der Waals surface area contributed by atoms with Crippen molar-refractivity contribution in [2.45, 2.75) is 12.3 Å². The first-order chi connectivity index (χ1) is 31.1. The van der Waals surface area contributed by atoms with Gasteiger partial charge in [-0.25, -0.2) is 15.0 Å². The van der Waals surface area contributed by atoms with Gasteiger partial charge in [0.1, 0.15) is 11.2 Å². The fourth-order valence-corrected chi connectivity index (χ4v) is 10.2. The van der Waals surface area contributed by atoms with E-state index < -0.39 is 0 Å². The first-order valence-corrected chi connectivity index (χ1v) is 21.5. The molecule has 10 aromatic carbocycles. The summed E-state index contributed by atoms with van der Waals surface area (Å²) in [4.78, 5) is 16.1. The molecular formula is C59H37N3O. The van der Waals surface area contributed by atoms with E-state index in [9.17, 15) is 0 Å². The molecule has 0 unspecified atom stereocenters. The van der Waals surface area contributed by atoms with Crippen LogP contribution >= 0.6 is 0 Å². The maximum atomic E-state index is 6.54. The van der Waals surface area contributed by atoms with Gasteiger partial charge < -0.3 is 4.42 Å². The molecule has 1 aliphatic rings. The summed E-state index contributed by atoms with van der Waals surface area (Å²) in [6.07, 6.45) is 0. The van der Waals surface area contributed by atoms with Gasteiger partial charge in [-0.1, -0.05) is 164 Å². The molecular weight excluding hydrogens is 767 g/mol. The second-order valence-electron chi connectivity index (χ2n) is 16.9. The van der Waals surface area contributed by atoms with Crippen LogP contribution in [0.5, 0.6) is 0 Å². The number of benzene rings is 10. The highest BCUT2D eigenvalue weighted by Crippen LogP contribution is 2.52. The minimum absolute atomic E-state index is 0.366. The summed E-state index contributed by atoms with van der Waals surface area (Å²) in [7, 11) is 0. The van der Waals surface area contributed by atoms with Crippen molar-refractivity contribution < 1.29 is 4.42 Å². The van der Waals surface area contributed by atoms with E-state index in [-0.39, 0.29) is 5.41 Å². The molecule has 2 heterocycles. The molecule has 0 amide bonds. The van der Waals surface area contributed by atoms with Gasteiger partial charge in [0.05, 0.1) is 0 Å². The molecule has 0 radical (unpaired) electrons. The van der Waals surface area contributed by atoms with E-state index >= 15 is 0 Å². The van der Waals surface area contributed by atoms with Crippen LogP contribution in [-0.4, -0.2) is 15.0 Å². The predicted octanol–water partition coefficient (Wildman–Crippen LogP) is 15.2. The van der Waals surface area contributed by atoms with Crippen LogP contribution in [0.3, 0.4) is 0 Å². The van der Waals surface area contributed by atoms with Gasteiger partial charge in [-0.2, -0.15) is 0 Å². The summed E-state index contributed by atoms with van der Waals surface area (Å²) in [6.45, 7) is 2.35. The molecule has 4 heteroatoms. The van der Waals surface area contributed by atoms with E-state index in [1.165, 1.54) is 38.6 Å². The Morgan fingerprint density at radius 3 is 1.68 bits per heavy atom. The van der Waals surface area contributed by atoms with E-state index in [1.54, 1.807) is 0 Å². The summed E-state index contributed by atoms with van der Waals surface area (Å²) >= 11 is 0. The molecule has 0 spiro atoms. The van der Waals surface area contributed by atoms with Crippen LogP contribution in [0.2, 0.25) is 0 Å². The zero-order chi connectivity index (χ0) is 41.6. The lowest BCUT2D eigenvalue weighted by Gasteiger charge is -2.28. The van der Waals surface area contributed by atoms with Crippen molar-refractivity contribution >= 4 is 54.3 Å². The van der Waals surface area contributed by atoms with Gasteiger partial charge in [0.2, 0.25) is 0 Å². The number of aromatic nitrogens is 3. The van der Waals surface area contributed by atoms with Crippen molar-refractivity contribution in [1.82, 2.24) is 15.0 Å². The monoisotopic (exact) mass is 803 g/mol. The zero-order valence-electron chi connectivity index (χ0n) is 34.4. The number of fused-ring (bicyclic) bond motifs is 9. The standard InChI is InChI=1S/C59H37N3O/c1-59(51-25-10-8-22-47(51)48-23-9-11-26-52(48)59)44-20-12-19-41(32-44)56-60-57(42-29-28-36-14-2-3-15-37(36)30-42)62-58(61-56)49-34-43(31-40-18-6-7-21-45(40)49)46-24-13-27-53-55(46)50-33-38-16-4-5-17-39(38)35-54(50)63-53/h2-35H,1H3. The minimum Gasteiger partial charge on any atom is -0.456 e. The van der Waals surface area contributed by atoms with Crippen LogP contribution in [-0.2, 0) is 5.41 Å². The summed E-state index contributed by atoms with van der Waals surface area (Å²) in [6, 6.07) is 73.6. The first-order valence-electron chi connectivity index (χ1n) is 21.5. The maximum Gasteiger partial charge on any atom is 0.164 e. The molecule has 0 bridgehead atoms. The zero-order valence-corrected chi connectivity index (χ0v) is 34.4. The van der Waals surface area contributed by atoms with Gasteiger partial charge >= 0.3 is 0 Å².